The number of benzene rings is 1. The molecule has 8 heteroatoms. The lowest BCUT2D eigenvalue weighted by molar-refractivity contribution is -0.142. The Morgan fingerprint density at radius 2 is 2.00 bits per heavy atom. The zero-order chi connectivity index (χ0) is 18.9. The number of esters is 1. The molecule has 1 atom stereocenters. The lowest BCUT2D eigenvalue weighted by atomic mass is 10.1. The summed E-state index contributed by atoms with van der Waals surface area (Å²) < 4.78 is 4.75. The molecule has 2 amide bonds. The first-order valence-electron chi connectivity index (χ1n) is 7.87. The maximum absolute atomic E-state index is 12.5. The molecule has 138 valence electrons. The molecular weight excluding hydrogens is 372 g/mol. The van der Waals surface area contributed by atoms with Crippen LogP contribution in [0.3, 0.4) is 0 Å². The van der Waals surface area contributed by atoms with E-state index in [4.69, 9.17) is 4.74 Å². The highest BCUT2D eigenvalue weighted by molar-refractivity contribution is 7.98. The fourth-order valence-corrected chi connectivity index (χ4v) is 3.30. The van der Waals surface area contributed by atoms with Crippen molar-refractivity contribution < 1.29 is 19.1 Å². The van der Waals surface area contributed by atoms with E-state index in [9.17, 15) is 14.4 Å². The second kappa shape index (κ2) is 9.98. The number of nitrogens with one attached hydrogen (secondary N) is 2. The number of thioether (sulfide) groups is 1. The summed E-state index contributed by atoms with van der Waals surface area (Å²) in [6, 6.07) is 9.39. The predicted molar refractivity (Wildman–Crippen MR) is 105 cm³/mol. The highest BCUT2D eigenvalue weighted by Crippen LogP contribution is 2.15. The number of carbonyl (C=O) groups is 3. The minimum Gasteiger partial charge on any atom is -0.467 e. The summed E-state index contributed by atoms with van der Waals surface area (Å²) >= 11 is 2.92. The van der Waals surface area contributed by atoms with Crippen molar-refractivity contribution in [3.63, 3.8) is 0 Å². The van der Waals surface area contributed by atoms with E-state index in [2.05, 4.69) is 10.6 Å². The molecule has 0 aliphatic carbocycles. The monoisotopic (exact) mass is 392 g/mol. The molecule has 0 aliphatic rings. The Morgan fingerprint density at radius 3 is 2.65 bits per heavy atom. The standard InChI is InChI=1S/C18H20N2O4S2/c1-24-18(23)14(8-10-25-2)20-16(21)12-5-3-6-13(11-12)19-17(22)15-7-4-9-26-15/h3-7,9,11,14H,8,10H2,1-2H3,(H,19,22)(H,20,21)/t14-/m0/s1. The van der Waals surface area contributed by atoms with Crippen LogP contribution in [0.5, 0.6) is 0 Å². The number of hydrogen-bond acceptors (Lipinski definition) is 6. The largest absolute Gasteiger partial charge is 0.467 e. The number of amides is 2. The zero-order valence-electron chi connectivity index (χ0n) is 14.5. The van der Waals surface area contributed by atoms with Crippen LogP contribution in [0.25, 0.3) is 0 Å². The minimum atomic E-state index is -0.704. The number of anilines is 1. The molecule has 0 bridgehead atoms. The lowest BCUT2D eigenvalue weighted by Crippen LogP contribution is -2.41. The van der Waals surface area contributed by atoms with Crippen LogP contribution >= 0.6 is 23.1 Å². The summed E-state index contributed by atoms with van der Waals surface area (Å²) in [6.45, 7) is 0. The molecule has 2 aromatic rings. The average molecular weight is 393 g/mol. The van der Waals surface area contributed by atoms with Crippen LogP contribution in [0.1, 0.15) is 26.5 Å². The third-order valence-electron chi connectivity index (χ3n) is 3.53. The van der Waals surface area contributed by atoms with E-state index in [0.717, 1.165) is 5.75 Å². The molecule has 0 saturated heterocycles. The van der Waals surface area contributed by atoms with E-state index >= 15 is 0 Å². The van der Waals surface area contributed by atoms with Gasteiger partial charge < -0.3 is 15.4 Å². The van der Waals surface area contributed by atoms with Gasteiger partial charge in [-0.05, 0) is 48.1 Å². The van der Waals surface area contributed by atoms with Gasteiger partial charge in [-0.25, -0.2) is 4.79 Å². The smallest absolute Gasteiger partial charge is 0.328 e. The molecule has 0 spiro atoms. The fourth-order valence-electron chi connectivity index (χ4n) is 2.21. The van der Waals surface area contributed by atoms with Gasteiger partial charge in [-0.3, -0.25) is 9.59 Å². The summed E-state index contributed by atoms with van der Waals surface area (Å²) in [4.78, 5) is 37.0. The van der Waals surface area contributed by atoms with Crippen LogP contribution in [0.15, 0.2) is 41.8 Å². The second-order valence-corrected chi connectivity index (χ2v) is 7.28. The molecule has 2 N–H and O–H groups in total. The number of ether oxygens (including phenoxy) is 1. The molecule has 0 saturated carbocycles. The molecule has 1 aromatic carbocycles. The van der Waals surface area contributed by atoms with Gasteiger partial charge in [0.25, 0.3) is 11.8 Å². The SMILES string of the molecule is COC(=O)[C@H](CCSC)NC(=O)c1cccc(NC(=O)c2cccs2)c1. The first-order valence-corrected chi connectivity index (χ1v) is 10.1. The second-order valence-electron chi connectivity index (χ2n) is 5.34. The van der Waals surface area contributed by atoms with Gasteiger partial charge in [0.05, 0.1) is 12.0 Å². The Bertz CT molecular complexity index is 762. The Balaban J connectivity index is 2.06. The van der Waals surface area contributed by atoms with Gasteiger partial charge >= 0.3 is 5.97 Å². The molecular formula is C18H20N2O4S2. The van der Waals surface area contributed by atoms with E-state index < -0.39 is 17.9 Å². The lowest BCUT2D eigenvalue weighted by Gasteiger charge is -2.16. The molecule has 6 nitrogen and oxygen atoms in total. The first kappa shape index (κ1) is 20.0. The normalized spacial score (nSPS) is 11.5. The van der Waals surface area contributed by atoms with Gasteiger partial charge in [0.1, 0.15) is 6.04 Å². The van der Waals surface area contributed by atoms with Crippen molar-refractivity contribution >= 4 is 46.6 Å². The van der Waals surface area contributed by atoms with Crippen molar-refractivity contribution in [3.05, 3.63) is 52.2 Å². The molecule has 0 unspecified atom stereocenters. The van der Waals surface area contributed by atoms with Crippen LogP contribution in [0.4, 0.5) is 5.69 Å². The fraction of sp³-hybridized carbons (Fsp3) is 0.278. The van der Waals surface area contributed by atoms with Crippen molar-refractivity contribution in [1.29, 1.82) is 0 Å². The highest BCUT2D eigenvalue weighted by Gasteiger charge is 2.22. The molecule has 0 radical (unpaired) electrons. The summed E-state index contributed by atoms with van der Waals surface area (Å²) in [7, 11) is 1.29. The minimum absolute atomic E-state index is 0.232. The van der Waals surface area contributed by atoms with E-state index in [-0.39, 0.29) is 5.91 Å². The van der Waals surface area contributed by atoms with Crippen molar-refractivity contribution in [2.45, 2.75) is 12.5 Å². The van der Waals surface area contributed by atoms with Gasteiger partial charge in [-0.15, -0.1) is 11.3 Å². The predicted octanol–water partition coefficient (Wildman–Crippen LogP) is 3.02. The third-order valence-corrected chi connectivity index (χ3v) is 5.04. The molecule has 0 fully saturated rings. The summed E-state index contributed by atoms with van der Waals surface area (Å²) in [5.41, 5.74) is 0.863. The van der Waals surface area contributed by atoms with Gasteiger partial charge in [0.2, 0.25) is 0 Å². The Kier molecular flexibility index (Phi) is 7.68. The van der Waals surface area contributed by atoms with Gasteiger partial charge in [0.15, 0.2) is 0 Å². The molecule has 0 aliphatic heterocycles. The third kappa shape index (κ3) is 5.60. The molecule has 1 heterocycles. The maximum Gasteiger partial charge on any atom is 0.328 e. The number of thiophene rings is 1. The van der Waals surface area contributed by atoms with Crippen LogP contribution in [0, 0.1) is 0 Å². The van der Waals surface area contributed by atoms with E-state index in [0.29, 0.717) is 22.5 Å². The summed E-state index contributed by atoms with van der Waals surface area (Å²) in [5.74, 6) is -0.384. The summed E-state index contributed by atoms with van der Waals surface area (Å²) in [6.07, 6.45) is 2.41. The number of hydrogen-bond donors (Lipinski definition) is 2. The Hall–Kier alpha value is -2.32. The topological polar surface area (TPSA) is 84.5 Å². The Labute approximate surface area is 160 Å². The van der Waals surface area contributed by atoms with Crippen LogP contribution in [0.2, 0.25) is 0 Å². The molecule has 1 aromatic heterocycles. The summed E-state index contributed by atoms with van der Waals surface area (Å²) in [5, 5.41) is 7.27. The quantitative estimate of drug-likeness (QED) is 0.675. The number of carbonyl (C=O) groups excluding carboxylic acids is 3. The van der Waals surface area contributed by atoms with Crippen LogP contribution in [-0.2, 0) is 9.53 Å². The van der Waals surface area contributed by atoms with Crippen molar-refractivity contribution in [3.8, 4) is 0 Å². The van der Waals surface area contributed by atoms with Crippen molar-refractivity contribution in [2.24, 2.45) is 0 Å². The number of methoxy groups -OCH3 is 1. The van der Waals surface area contributed by atoms with E-state index in [1.54, 1.807) is 48.2 Å². The first-order chi connectivity index (χ1) is 12.5. The van der Waals surface area contributed by atoms with E-state index in [1.165, 1.54) is 18.4 Å². The average Bonchev–Trinajstić information content (AvgIpc) is 3.19. The highest BCUT2D eigenvalue weighted by atomic mass is 32.2. The molecule has 26 heavy (non-hydrogen) atoms. The van der Waals surface area contributed by atoms with E-state index in [1.807, 2.05) is 11.6 Å². The van der Waals surface area contributed by atoms with Crippen LogP contribution in [-0.4, -0.2) is 42.9 Å². The molecule has 2 rings (SSSR count). The van der Waals surface area contributed by atoms with Crippen molar-refractivity contribution in [1.82, 2.24) is 5.32 Å². The zero-order valence-corrected chi connectivity index (χ0v) is 16.1. The van der Waals surface area contributed by atoms with Gasteiger partial charge in [-0.2, -0.15) is 11.8 Å². The van der Waals surface area contributed by atoms with Gasteiger partial charge in [-0.1, -0.05) is 12.1 Å². The Morgan fingerprint density at radius 1 is 1.19 bits per heavy atom. The van der Waals surface area contributed by atoms with Crippen molar-refractivity contribution in [2.75, 3.05) is 24.4 Å². The van der Waals surface area contributed by atoms with Gasteiger partial charge in [0, 0.05) is 11.3 Å². The van der Waals surface area contributed by atoms with Crippen LogP contribution < -0.4 is 10.6 Å². The number of rotatable bonds is 8. The maximum atomic E-state index is 12.5.